The maximum atomic E-state index is 12.9. The summed E-state index contributed by atoms with van der Waals surface area (Å²) in [7, 11) is -3.42. The van der Waals surface area contributed by atoms with Crippen molar-refractivity contribution < 1.29 is 17.9 Å². The van der Waals surface area contributed by atoms with Crippen molar-refractivity contribution in [3.63, 3.8) is 0 Å². The van der Waals surface area contributed by atoms with Crippen LogP contribution in [0.3, 0.4) is 0 Å². The van der Waals surface area contributed by atoms with Gasteiger partial charge in [-0.05, 0) is 37.3 Å². The third kappa shape index (κ3) is 3.97. The molecule has 0 N–H and O–H groups in total. The highest BCUT2D eigenvalue weighted by atomic mass is 32.2. The fourth-order valence-corrected chi connectivity index (χ4v) is 5.83. The second kappa shape index (κ2) is 7.94. The summed E-state index contributed by atoms with van der Waals surface area (Å²) < 4.78 is 39.1. The van der Waals surface area contributed by atoms with Gasteiger partial charge >= 0.3 is 0 Å². The Bertz CT molecular complexity index is 689. The van der Waals surface area contributed by atoms with Gasteiger partial charge in [-0.15, -0.1) is 0 Å². The quantitative estimate of drug-likeness (QED) is 0.794. The molecule has 3 aliphatic rings. The van der Waals surface area contributed by atoms with E-state index in [-0.39, 0.29) is 12.2 Å². The van der Waals surface area contributed by atoms with E-state index in [1.165, 1.54) is 0 Å². The molecule has 3 heterocycles. The number of hydrogen-bond acceptors (Lipinski definition) is 5. The van der Waals surface area contributed by atoms with Gasteiger partial charge in [-0.25, -0.2) is 8.42 Å². The minimum Gasteiger partial charge on any atom is -0.380 e. The van der Waals surface area contributed by atoms with Gasteiger partial charge < -0.3 is 9.47 Å². The minimum absolute atomic E-state index is 0.0236. The molecule has 26 heavy (non-hydrogen) atoms. The molecule has 3 fully saturated rings. The van der Waals surface area contributed by atoms with E-state index in [9.17, 15) is 8.42 Å². The summed E-state index contributed by atoms with van der Waals surface area (Å²) in [5, 5.41) is 0. The van der Waals surface area contributed by atoms with Gasteiger partial charge in [0.2, 0.25) is 10.0 Å². The Hall–Kier alpha value is -0.990. The maximum Gasteiger partial charge on any atom is 0.243 e. The number of ether oxygens (including phenoxy) is 2. The van der Waals surface area contributed by atoms with Gasteiger partial charge in [0.15, 0.2) is 0 Å². The van der Waals surface area contributed by atoms with E-state index in [1.807, 2.05) is 6.07 Å². The molecule has 6 nitrogen and oxygen atoms in total. The van der Waals surface area contributed by atoms with Crippen LogP contribution in [0.5, 0.6) is 0 Å². The van der Waals surface area contributed by atoms with E-state index in [4.69, 9.17) is 9.47 Å². The average Bonchev–Trinajstić information content (AvgIpc) is 2.88. The average molecular weight is 381 g/mol. The van der Waals surface area contributed by atoms with E-state index in [2.05, 4.69) is 4.90 Å². The molecule has 1 unspecified atom stereocenters. The summed E-state index contributed by atoms with van der Waals surface area (Å²) >= 11 is 0. The Morgan fingerprint density at radius 3 is 2.77 bits per heavy atom. The molecular formula is C19H28N2O4S. The van der Waals surface area contributed by atoms with E-state index in [0.717, 1.165) is 52.1 Å². The summed E-state index contributed by atoms with van der Waals surface area (Å²) in [5.74, 6) is 0.477. The molecule has 0 aliphatic carbocycles. The smallest absolute Gasteiger partial charge is 0.243 e. The van der Waals surface area contributed by atoms with E-state index in [1.54, 1.807) is 28.6 Å². The molecule has 0 spiro atoms. The van der Waals surface area contributed by atoms with Crippen LogP contribution in [0.2, 0.25) is 0 Å². The molecular weight excluding hydrogens is 352 g/mol. The van der Waals surface area contributed by atoms with Crippen molar-refractivity contribution in [2.75, 3.05) is 45.9 Å². The molecule has 3 atom stereocenters. The highest BCUT2D eigenvalue weighted by molar-refractivity contribution is 7.89. The second-order valence-electron chi connectivity index (χ2n) is 7.52. The van der Waals surface area contributed by atoms with E-state index >= 15 is 0 Å². The first kappa shape index (κ1) is 18.4. The van der Waals surface area contributed by atoms with Gasteiger partial charge in [-0.1, -0.05) is 18.2 Å². The van der Waals surface area contributed by atoms with Crippen LogP contribution in [0.25, 0.3) is 0 Å². The standard InChI is InChI=1S/C19H28N2O4S/c22-26(23,18-5-2-1-3-6-18)21-9-7-16-13-17(25-19(16)15-21)14-20-8-4-11-24-12-10-20/h1-3,5-6,16-17,19H,4,7-15H2/t16-,17?,19-/m0/s1. The van der Waals surface area contributed by atoms with Crippen LogP contribution in [0.15, 0.2) is 35.2 Å². The molecule has 0 bridgehead atoms. The zero-order chi connectivity index (χ0) is 18.0. The summed E-state index contributed by atoms with van der Waals surface area (Å²) in [4.78, 5) is 2.80. The maximum absolute atomic E-state index is 12.9. The Kier molecular flexibility index (Phi) is 5.61. The second-order valence-corrected chi connectivity index (χ2v) is 9.46. The molecule has 3 saturated heterocycles. The van der Waals surface area contributed by atoms with Crippen LogP contribution < -0.4 is 0 Å². The molecule has 4 rings (SSSR count). The van der Waals surface area contributed by atoms with Gasteiger partial charge in [0.1, 0.15) is 0 Å². The van der Waals surface area contributed by atoms with Crippen molar-refractivity contribution in [1.82, 2.24) is 9.21 Å². The lowest BCUT2D eigenvalue weighted by atomic mass is 9.93. The van der Waals surface area contributed by atoms with Gasteiger partial charge in [-0.3, -0.25) is 4.90 Å². The lowest BCUT2D eigenvalue weighted by Crippen LogP contribution is -2.45. The zero-order valence-electron chi connectivity index (χ0n) is 15.1. The Morgan fingerprint density at radius 2 is 1.92 bits per heavy atom. The first-order valence-electron chi connectivity index (χ1n) is 9.64. The van der Waals surface area contributed by atoms with E-state index < -0.39 is 10.0 Å². The third-order valence-electron chi connectivity index (χ3n) is 5.75. The highest BCUT2D eigenvalue weighted by Gasteiger charge is 2.42. The van der Waals surface area contributed by atoms with Crippen molar-refractivity contribution in [1.29, 1.82) is 0 Å². The van der Waals surface area contributed by atoms with Gasteiger partial charge in [-0.2, -0.15) is 4.31 Å². The fraction of sp³-hybridized carbons (Fsp3) is 0.684. The Balaban J connectivity index is 1.37. The lowest BCUT2D eigenvalue weighted by molar-refractivity contribution is -0.00303. The number of nitrogens with zero attached hydrogens (tertiary/aromatic N) is 2. The predicted octanol–water partition coefficient (Wildman–Crippen LogP) is 1.58. The fourth-order valence-electron chi connectivity index (χ4n) is 4.35. The van der Waals surface area contributed by atoms with Crippen LogP contribution in [0, 0.1) is 5.92 Å². The normalized spacial score (nSPS) is 31.5. The number of fused-ring (bicyclic) bond motifs is 1. The number of piperidine rings is 1. The van der Waals surface area contributed by atoms with Gasteiger partial charge in [0.05, 0.1) is 23.7 Å². The summed E-state index contributed by atoms with van der Waals surface area (Å²) in [6.45, 7) is 5.66. The Labute approximate surface area is 156 Å². The van der Waals surface area contributed by atoms with Crippen molar-refractivity contribution >= 4 is 10.0 Å². The summed E-state index contributed by atoms with van der Waals surface area (Å²) in [6.07, 6.45) is 3.23. The lowest BCUT2D eigenvalue weighted by Gasteiger charge is -2.33. The summed E-state index contributed by atoms with van der Waals surface area (Å²) in [5.41, 5.74) is 0. The van der Waals surface area contributed by atoms with Crippen molar-refractivity contribution in [3.8, 4) is 0 Å². The number of benzene rings is 1. The number of sulfonamides is 1. The predicted molar refractivity (Wildman–Crippen MR) is 98.5 cm³/mol. The molecule has 144 valence electrons. The van der Waals surface area contributed by atoms with Crippen LogP contribution in [-0.4, -0.2) is 75.8 Å². The van der Waals surface area contributed by atoms with Crippen LogP contribution in [0.1, 0.15) is 19.3 Å². The molecule has 0 radical (unpaired) electrons. The van der Waals surface area contributed by atoms with Crippen molar-refractivity contribution in [2.24, 2.45) is 5.92 Å². The first-order valence-corrected chi connectivity index (χ1v) is 11.1. The molecule has 0 saturated carbocycles. The number of hydrogen-bond donors (Lipinski definition) is 0. The van der Waals surface area contributed by atoms with Crippen molar-refractivity contribution in [3.05, 3.63) is 30.3 Å². The number of rotatable bonds is 4. The first-order chi connectivity index (χ1) is 12.6. The van der Waals surface area contributed by atoms with Crippen molar-refractivity contribution in [2.45, 2.75) is 36.4 Å². The summed E-state index contributed by atoms with van der Waals surface area (Å²) in [6, 6.07) is 8.71. The van der Waals surface area contributed by atoms with Crippen LogP contribution >= 0.6 is 0 Å². The van der Waals surface area contributed by atoms with Gasteiger partial charge in [0, 0.05) is 39.3 Å². The highest BCUT2D eigenvalue weighted by Crippen LogP contribution is 2.35. The molecule has 7 heteroatoms. The molecule has 0 aromatic heterocycles. The monoisotopic (exact) mass is 380 g/mol. The minimum atomic E-state index is -3.42. The zero-order valence-corrected chi connectivity index (χ0v) is 15.9. The van der Waals surface area contributed by atoms with Crippen LogP contribution in [0.4, 0.5) is 0 Å². The van der Waals surface area contributed by atoms with Gasteiger partial charge in [0.25, 0.3) is 0 Å². The SMILES string of the molecule is O=S(=O)(c1ccccc1)N1CC[C@H]2CC(CN3CCCOCC3)O[C@H]2C1. The largest absolute Gasteiger partial charge is 0.380 e. The molecule has 1 aromatic rings. The Morgan fingerprint density at radius 1 is 1.08 bits per heavy atom. The molecule has 1 aromatic carbocycles. The van der Waals surface area contributed by atoms with E-state index in [0.29, 0.717) is 23.9 Å². The third-order valence-corrected chi connectivity index (χ3v) is 7.63. The molecule has 0 amide bonds. The molecule has 3 aliphatic heterocycles. The topological polar surface area (TPSA) is 59.1 Å². The van der Waals surface area contributed by atoms with Crippen LogP contribution in [-0.2, 0) is 19.5 Å².